The molecule has 0 N–H and O–H groups in total. The Morgan fingerprint density at radius 3 is 2.77 bits per heavy atom. The Labute approximate surface area is 130 Å². The molecular formula is C16H24N4O2. The van der Waals surface area contributed by atoms with Gasteiger partial charge in [-0.25, -0.2) is 4.68 Å². The van der Waals surface area contributed by atoms with Crippen molar-refractivity contribution in [3.05, 3.63) is 27.7 Å². The van der Waals surface area contributed by atoms with E-state index >= 15 is 0 Å². The standard InChI is InChI=1S/C16H24N4O2/c1-18-16(22)11-13-12-19(9-5-14(13)17-18)10-6-15(21)20-7-3-2-4-8-20/h11H,2-10,12H2,1H3. The Morgan fingerprint density at radius 2 is 2.00 bits per heavy atom. The lowest BCUT2D eigenvalue weighted by molar-refractivity contribution is -0.132. The van der Waals surface area contributed by atoms with E-state index in [9.17, 15) is 9.59 Å². The van der Waals surface area contributed by atoms with Crippen molar-refractivity contribution in [1.82, 2.24) is 19.6 Å². The van der Waals surface area contributed by atoms with E-state index in [1.54, 1.807) is 13.1 Å². The van der Waals surface area contributed by atoms with Crippen molar-refractivity contribution in [2.75, 3.05) is 26.2 Å². The Morgan fingerprint density at radius 1 is 1.23 bits per heavy atom. The topological polar surface area (TPSA) is 58.4 Å². The number of likely N-dealkylation sites (tertiary alicyclic amines) is 1. The van der Waals surface area contributed by atoms with Crippen LogP contribution < -0.4 is 5.56 Å². The smallest absolute Gasteiger partial charge is 0.266 e. The summed E-state index contributed by atoms with van der Waals surface area (Å²) in [5.74, 6) is 0.271. The second kappa shape index (κ2) is 6.60. The molecule has 0 bridgehead atoms. The number of nitrogens with zero attached hydrogens (tertiary/aromatic N) is 4. The van der Waals surface area contributed by atoms with Gasteiger partial charge in [-0.3, -0.25) is 14.5 Å². The lowest BCUT2D eigenvalue weighted by Crippen LogP contribution is -2.39. The first-order chi connectivity index (χ1) is 10.6. The summed E-state index contributed by atoms with van der Waals surface area (Å²) in [6.07, 6.45) is 4.94. The number of rotatable bonds is 3. The van der Waals surface area contributed by atoms with Gasteiger partial charge >= 0.3 is 0 Å². The molecule has 1 saturated heterocycles. The minimum atomic E-state index is -0.0648. The van der Waals surface area contributed by atoms with Gasteiger partial charge in [0.15, 0.2) is 0 Å². The van der Waals surface area contributed by atoms with Crippen molar-refractivity contribution in [2.45, 2.75) is 38.6 Å². The van der Waals surface area contributed by atoms with Crippen molar-refractivity contribution in [3.8, 4) is 0 Å². The van der Waals surface area contributed by atoms with Gasteiger partial charge in [0.05, 0.1) is 5.69 Å². The lowest BCUT2D eigenvalue weighted by atomic mass is 10.1. The van der Waals surface area contributed by atoms with E-state index in [1.165, 1.54) is 11.1 Å². The van der Waals surface area contributed by atoms with Crippen LogP contribution in [-0.4, -0.2) is 51.7 Å². The number of hydrogen-bond donors (Lipinski definition) is 0. The van der Waals surface area contributed by atoms with Crippen molar-refractivity contribution in [1.29, 1.82) is 0 Å². The fraction of sp³-hybridized carbons (Fsp3) is 0.688. The van der Waals surface area contributed by atoms with Crippen LogP contribution in [0.4, 0.5) is 0 Å². The number of aromatic nitrogens is 2. The lowest BCUT2D eigenvalue weighted by Gasteiger charge is -2.30. The zero-order valence-corrected chi connectivity index (χ0v) is 13.3. The van der Waals surface area contributed by atoms with Crippen LogP contribution in [0.15, 0.2) is 10.9 Å². The summed E-state index contributed by atoms with van der Waals surface area (Å²) in [7, 11) is 1.69. The van der Waals surface area contributed by atoms with Gasteiger partial charge in [0.1, 0.15) is 0 Å². The predicted molar refractivity (Wildman–Crippen MR) is 83.5 cm³/mol. The molecule has 1 fully saturated rings. The number of carbonyl (C=O) groups is 1. The maximum absolute atomic E-state index is 12.2. The summed E-state index contributed by atoms with van der Waals surface area (Å²) in [5, 5.41) is 4.32. The maximum Gasteiger partial charge on any atom is 0.266 e. The monoisotopic (exact) mass is 304 g/mol. The number of hydrogen-bond acceptors (Lipinski definition) is 4. The van der Waals surface area contributed by atoms with Gasteiger partial charge < -0.3 is 4.90 Å². The van der Waals surface area contributed by atoms with Gasteiger partial charge in [0.25, 0.3) is 5.56 Å². The second-order valence-corrected chi connectivity index (χ2v) is 6.30. The molecule has 22 heavy (non-hydrogen) atoms. The number of amides is 1. The first kappa shape index (κ1) is 15.2. The normalized spacial score (nSPS) is 19.0. The third-order valence-electron chi connectivity index (χ3n) is 4.67. The third kappa shape index (κ3) is 3.38. The molecule has 2 aliphatic rings. The first-order valence-corrected chi connectivity index (χ1v) is 8.20. The maximum atomic E-state index is 12.2. The van der Waals surface area contributed by atoms with Gasteiger partial charge in [-0.1, -0.05) is 0 Å². The zero-order chi connectivity index (χ0) is 15.5. The molecule has 0 unspecified atom stereocenters. The minimum absolute atomic E-state index is 0.0648. The molecule has 0 aromatic carbocycles. The van der Waals surface area contributed by atoms with Crippen LogP contribution in [0.25, 0.3) is 0 Å². The highest BCUT2D eigenvalue weighted by molar-refractivity contribution is 5.76. The van der Waals surface area contributed by atoms with Crippen molar-refractivity contribution < 1.29 is 4.79 Å². The average molecular weight is 304 g/mol. The summed E-state index contributed by atoms with van der Waals surface area (Å²) in [6.45, 7) is 4.24. The first-order valence-electron chi connectivity index (χ1n) is 8.20. The van der Waals surface area contributed by atoms with Crippen molar-refractivity contribution >= 4 is 5.91 Å². The summed E-state index contributed by atoms with van der Waals surface area (Å²) in [5.41, 5.74) is 1.96. The predicted octanol–water partition coefficient (Wildman–Crippen LogP) is 0.541. The van der Waals surface area contributed by atoms with Gasteiger partial charge in [0.2, 0.25) is 5.91 Å². The number of fused-ring (bicyclic) bond motifs is 1. The number of carbonyl (C=O) groups excluding carboxylic acids is 1. The van der Waals surface area contributed by atoms with Crippen LogP contribution in [0.3, 0.4) is 0 Å². The highest BCUT2D eigenvalue weighted by atomic mass is 16.2. The van der Waals surface area contributed by atoms with Crippen molar-refractivity contribution in [2.24, 2.45) is 7.05 Å². The van der Waals surface area contributed by atoms with Crippen LogP contribution in [0, 0.1) is 0 Å². The SMILES string of the molecule is Cn1nc2c(cc1=O)CN(CCC(=O)N1CCCCC1)CC2. The van der Waals surface area contributed by atoms with E-state index in [2.05, 4.69) is 10.00 Å². The summed E-state index contributed by atoms with van der Waals surface area (Å²) < 4.78 is 1.40. The third-order valence-corrected chi connectivity index (χ3v) is 4.67. The molecule has 3 rings (SSSR count). The van der Waals surface area contributed by atoms with Crippen LogP contribution in [0.1, 0.15) is 36.9 Å². The van der Waals surface area contributed by atoms with Gasteiger partial charge in [-0.05, 0) is 24.8 Å². The van der Waals surface area contributed by atoms with Crippen LogP contribution in [0.5, 0.6) is 0 Å². The molecular weight excluding hydrogens is 280 g/mol. The van der Waals surface area contributed by atoms with Crippen LogP contribution in [-0.2, 0) is 24.8 Å². The minimum Gasteiger partial charge on any atom is -0.343 e. The van der Waals surface area contributed by atoms with E-state index < -0.39 is 0 Å². The zero-order valence-electron chi connectivity index (χ0n) is 13.3. The van der Waals surface area contributed by atoms with E-state index in [-0.39, 0.29) is 11.5 Å². The Hall–Kier alpha value is -1.69. The van der Waals surface area contributed by atoms with Crippen LogP contribution >= 0.6 is 0 Å². The Kier molecular flexibility index (Phi) is 4.57. The van der Waals surface area contributed by atoms with Gasteiger partial charge in [-0.2, -0.15) is 5.10 Å². The molecule has 0 aliphatic carbocycles. The Bertz CT molecular complexity index is 605. The summed E-state index contributed by atoms with van der Waals surface area (Å²) in [6, 6.07) is 1.68. The van der Waals surface area contributed by atoms with E-state index in [0.29, 0.717) is 6.42 Å². The van der Waals surface area contributed by atoms with Crippen molar-refractivity contribution in [3.63, 3.8) is 0 Å². The molecule has 2 aliphatic heterocycles. The fourth-order valence-corrected chi connectivity index (χ4v) is 3.30. The van der Waals surface area contributed by atoms with E-state index in [4.69, 9.17) is 0 Å². The molecule has 120 valence electrons. The molecule has 0 saturated carbocycles. The molecule has 1 amide bonds. The van der Waals surface area contributed by atoms with Gasteiger partial charge in [-0.15, -0.1) is 0 Å². The summed E-state index contributed by atoms with van der Waals surface area (Å²) >= 11 is 0. The molecule has 6 heteroatoms. The summed E-state index contributed by atoms with van der Waals surface area (Å²) in [4.78, 5) is 28.2. The molecule has 1 aromatic heterocycles. The molecule has 3 heterocycles. The molecule has 6 nitrogen and oxygen atoms in total. The molecule has 0 radical (unpaired) electrons. The highest BCUT2D eigenvalue weighted by Gasteiger charge is 2.21. The largest absolute Gasteiger partial charge is 0.343 e. The number of piperidine rings is 1. The number of aryl methyl sites for hydroxylation is 1. The quantitative estimate of drug-likeness (QED) is 0.818. The second-order valence-electron chi connectivity index (χ2n) is 6.30. The Balaban J connectivity index is 1.55. The highest BCUT2D eigenvalue weighted by Crippen LogP contribution is 2.16. The molecule has 0 atom stereocenters. The van der Waals surface area contributed by atoms with Gasteiger partial charge in [0, 0.05) is 58.7 Å². The van der Waals surface area contributed by atoms with E-state index in [0.717, 1.165) is 63.2 Å². The van der Waals surface area contributed by atoms with E-state index in [1.807, 2.05) is 4.90 Å². The molecule has 1 aromatic rings. The average Bonchev–Trinajstić information content (AvgIpc) is 2.54. The van der Waals surface area contributed by atoms with Crippen LogP contribution in [0.2, 0.25) is 0 Å². The fourth-order valence-electron chi connectivity index (χ4n) is 3.30. The molecule has 0 spiro atoms.